The molecular formula is C36H21NO2S. The van der Waals surface area contributed by atoms with Crippen molar-refractivity contribution in [3.63, 3.8) is 0 Å². The maximum Gasteiger partial charge on any atom is 0.197 e. The first kappa shape index (κ1) is 22.9. The van der Waals surface area contributed by atoms with Gasteiger partial charge in [-0.1, -0.05) is 84.9 Å². The Bertz CT molecular complexity index is 1940. The third kappa shape index (κ3) is 3.36. The van der Waals surface area contributed by atoms with Crippen LogP contribution in [0.3, 0.4) is 0 Å². The van der Waals surface area contributed by atoms with E-state index in [4.69, 9.17) is 0 Å². The average Bonchev–Trinajstić information content (AvgIpc) is 3.51. The van der Waals surface area contributed by atoms with Crippen molar-refractivity contribution in [2.75, 3.05) is 4.90 Å². The summed E-state index contributed by atoms with van der Waals surface area (Å²) in [5.41, 5.74) is 8.08. The van der Waals surface area contributed by atoms with Crippen LogP contribution >= 0.6 is 11.3 Å². The second-order valence-corrected chi connectivity index (χ2v) is 11.1. The molecule has 40 heavy (non-hydrogen) atoms. The molecule has 4 heteroatoms. The quantitative estimate of drug-likeness (QED) is 0.165. The number of hydrogen-bond acceptors (Lipinski definition) is 4. The van der Waals surface area contributed by atoms with Crippen LogP contribution in [0.15, 0.2) is 127 Å². The van der Waals surface area contributed by atoms with E-state index in [1.807, 2.05) is 42.5 Å². The number of allylic oxidation sites excluding steroid dienone is 1. The van der Waals surface area contributed by atoms with E-state index in [1.165, 1.54) is 11.1 Å². The van der Waals surface area contributed by atoms with Gasteiger partial charge in [0.25, 0.3) is 0 Å². The molecule has 2 aliphatic rings. The first-order chi connectivity index (χ1) is 19.7. The number of nitrogens with zero attached hydrogens (tertiary/aromatic N) is 1. The van der Waals surface area contributed by atoms with Gasteiger partial charge in [0.05, 0.1) is 16.9 Å². The summed E-state index contributed by atoms with van der Waals surface area (Å²) in [5, 5.41) is 2.93. The van der Waals surface area contributed by atoms with Gasteiger partial charge in [-0.3, -0.25) is 9.59 Å². The highest BCUT2D eigenvalue weighted by Crippen LogP contribution is 2.51. The SMILES string of the molecule is O=C1C(=Cc2ccc(N3c4ccccc4-c4ccccc4-c4ccccc43)s2)C(=O)c2cc3ccccc3cc21. The zero-order chi connectivity index (χ0) is 26.8. The summed E-state index contributed by atoms with van der Waals surface area (Å²) in [6.45, 7) is 0. The van der Waals surface area contributed by atoms with Gasteiger partial charge < -0.3 is 4.90 Å². The number of anilines is 3. The fourth-order valence-electron chi connectivity index (χ4n) is 5.94. The maximum atomic E-state index is 13.4. The number of Topliss-reactive ketones (excluding diaryl/α,β-unsaturated/α-hetero) is 2. The molecule has 0 radical (unpaired) electrons. The summed E-state index contributed by atoms with van der Waals surface area (Å²) in [4.78, 5) is 29.9. The van der Waals surface area contributed by atoms with E-state index in [0.29, 0.717) is 11.1 Å². The van der Waals surface area contributed by atoms with E-state index < -0.39 is 0 Å². The number of thiophene rings is 1. The summed E-state index contributed by atoms with van der Waals surface area (Å²) in [5.74, 6) is -0.414. The van der Waals surface area contributed by atoms with Crippen LogP contribution in [0.25, 0.3) is 39.1 Å². The molecular weight excluding hydrogens is 510 g/mol. The molecule has 0 fully saturated rings. The number of rotatable bonds is 2. The second-order valence-electron chi connectivity index (χ2n) is 10.1. The fourth-order valence-corrected chi connectivity index (χ4v) is 6.91. The van der Waals surface area contributed by atoms with Crippen molar-refractivity contribution in [3.05, 3.63) is 143 Å². The number of carbonyl (C=O) groups is 2. The average molecular weight is 532 g/mol. The molecule has 0 bridgehead atoms. The molecule has 188 valence electrons. The molecule has 0 spiro atoms. The van der Waals surface area contributed by atoms with Crippen LogP contribution in [0.5, 0.6) is 0 Å². The molecule has 0 unspecified atom stereocenters. The van der Waals surface area contributed by atoms with E-state index >= 15 is 0 Å². The molecule has 2 heterocycles. The van der Waals surface area contributed by atoms with Gasteiger partial charge in [0.15, 0.2) is 11.6 Å². The normalized spacial score (nSPS) is 13.5. The zero-order valence-electron chi connectivity index (χ0n) is 21.3. The van der Waals surface area contributed by atoms with Gasteiger partial charge in [-0.2, -0.15) is 0 Å². The Morgan fingerprint density at radius 1 is 0.500 bits per heavy atom. The molecule has 5 aromatic carbocycles. The lowest BCUT2D eigenvalue weighted by Crippen LogP contribution is -2.09. The molecule has 6 aromatic rings. The number of para-hydroxylation sites is 2. The second kappa shape index (κ2) is 8.73. The van der Waals surface area contributed by atoms with E-state index in [1.54, 1.807) is 17.4 Å². The number of ketones is 2. The number of hydrogen-bond donors (Lipinski definition) is 0. The molecule has 0 saturated carbocycles. The van der Waals surface area contributed by atoms with Crippen molar-refractivity contribution < 1.29 is 9.59 Å². The molecule has 0 N–H and O–H groups in total. The minimum absolute atomic E-state index is 0.207. The lowest BCUT2D eigenvalue weighted by molar-refractivity contribution is 0.0990. The Morgan fingerprint density at radius 2 is 0.975 bits per heavy atom. The molecule has 1 aliphatic carbocycles. The van der Waals surface area contributed by atoms with Crippen LogP contribution in [0.2, 0.25) is 0 Å². The van der Waals surface area contributed by atoms with E-state index in [0.717, 1.165) is 43.2 Å². The van der Waals surface area contributed by atoms with Crippen molar-refractivity contribution in [1.29, 1.82) is 0 Å². The number of benzene rings is 5. The summed E-state index contributed by atoms with van der Waals surface area (Å²) in [6, 6.07) is 41.0. The standard InChI is InChI=1S/C36H21NO2S/c38-35-29-19-22-9-1-2-10-23(22)20-30(29)36(39)31(35)21-24-17-18-34(40-24)37-32-15-7-5-13-27(32)25-11-3-4-12-26(25)28-14-6-8-16-33(28)37/h1-21H. The maximum absolute atomic E-state index is 13.4. The van der Waals surface area contributed by atoms with Gasteiger partial charge in [0, 0.05) is 27.1 Å². The van der Waals surface area contributed by atoms with Gasteiger partial charge in [-0.25, -0.2) is 0 Å². The van der Waals surface area contributed by atoms with Gasteiger partial charge in [0.1, 0.15) is 5.00 Å². The Morgan fingerprint density at radius 3 is 1.52 bits per heavy atom. The summed E-state index contributed by atoms with van der Waals surface area (Å²) < 4.78 is 0. The fraction of sp³-hybridized carbons (Fsp3) is 0. The topological polar surface area (TPSA) is 37.4 Å². The van der Waals surface area contributed by atoms with Crippen LogP contribution in [0, 0.1) is 0 Å². The lowest BCUT2D eigenvalue weighted by atomic mass is 9.95. The third-order valence-electron chi connectivity index (χ3n) is 7.78. The number of carbonyl (C=O) groups excluding carboxylic acids is 2. The van der Waals surface area contributed by atoms with Crippen molar-refractivity contribution in [3.8, 4) is 22.3 Å². The zero-order valence-corrected chi connectivity index (χ0v) is 22.1. The Balaban J connectivity index is 1.25. The van der Waals surface area contributed by atoms with E-state index in [2.05, 4.69) is 83.8 Å². The molecule has 0 atom stereocenters. The summed E-state index contributed by atoms with van der Waals surface area (Å²) in [7, 11) is 0. The third-order valence-corrected chi connectivity index (χ3v) is 8.80. The highest BCUT2D eigenvalue weighted by Gasteiger charge is 2.34. The van der Waals surface area contributed by atoms with Crippen LogP contribution in [0.1, 0.15) is 25.6 Å². The van der Waals surface area contributed by atoms with Gasteiger partial charge in [0.2, 0.25) is 0 Å². The monoisotopic (exact) mass is 531 g/mol. The van der Waals surface area contributed by atoms with Crippen LogP contribution in [-0.2, 0) is 0 Å². The van der Waals surface area contributed by atoms with E-state index in [-0.39, 0.29) is 17.1 Å². The summed E-state index contributed by atoms with van der Waals surface area (Å²) >= 11 is 1.57. The van der Waals surface area contributed by atoms with E-state index in [9.17, 15) is 9.59 Å². The van der Waals surface area contributed by atoms with Gasteiger partial charge in [-0.05, 0) is 64.4 Å². The smallest absolute Gasteiger partial charge is 0.197 e. The lowest BCUT2D eigenvalue weighted by Gasteiger charge is -2.25. The highest BCUT2D eigenvalue weighted by atomic mass is 32.1. The van der Waals surface area contributed by atoms with Crippen molar-refractivity contribution >= 4 is 56.1 Å². The van der Waals surface area contributed by atoms with Crippen molar-refractivity contribution in [2.24, 2.45) is 0 Å². The predicted molar refractivity (Wildman–Crippen MR) is 164 cm³/mol. The minimum Gasteiger partial charge on any atom is -0.301 e. The predicted octanol–water partition coefficient (Wildman–Crippen LogP) is 9.48. The molecule has 0 saturated heterocycles. The molecule has 0 amide bonds. The molecule has 1 aromatic heterocycles. The first-order valence-electron chi connectivity index (χ1n) is 13.2. The molecule has 1 aliphatic heterocycles. The van der Waals surface area contributed by atoms with Crippen LogP contribution < -0.4 is 4.90 Å². The van der Waals surface area contributed by atoms with Crippen molar-refractivity contribution in [2.45, 2.75) is 0 Å². The van der Waals surface area contributed by atoms with Gasteiger partial charge in [-0.15, -0.1) is 11.3 Å². The summed E-state index contributed by atoms with van der Waals surface area (Å²) in [6.07, 6.45) is 1.76. The van der Waals surface area contributed by atoms with Crippen LogP contribution in [-0.4, -0.2) is 11.6 Å². The Kier molecular flexibility index (Phi) is 5.00. The molecule has 3 nitrogen and oxygen atoms in total. The highest BCUT2D eigenvalue weighted by molar-refractivity contribution is 7.17. The first-order valence-corrected chi connectivity index (χ1v) is 14.0. The molecule has 8 rings (SSSR count). The van der Waals surface area contributed by atoms with Crippen LogP contribution in [0.4, 0.5) is 16.4 Å². The number of fused-ring (bicyclic) bond motifs is 7. The largest absolute Gasteiger partial charge is 0.301 e. The van der Waals surface area contributed by atoms with Crippen molar-refractivity contribution in [1.82, 2.24) is 0 Å². The Labute approximate surface area is 235 Å². The Hall–Kier alpha value is -5.06. The minimum atomic E-state index is -0.207. The van der Waals surface area contributed by atoms with Gasteiger partial charge >= 0.3 is 0 Å².